The van der Waals surface area contributed by atoms with Crippen molar-refractivity contribution in [3.8, 4) is 5.75 Å². The van der Waals surface area contributed by atoms with Gasteiger partial charge in [0.05, 0.1) is 7.11 Å². The highest BCUT2D eigenvalue weighted by Gasteiger charge is 2.15. The van der Waals surface area contributed by atoms with Gasteiger partial charge < -0.3 is 9.84 Å². The lowest BCUT2D eigenvalue weighted by Crippen LogP contribution is -2.01. The number of carboxylic acid groups (broad SMARTS) is 1. The van der Waals surface area contributed by atoms with Gasteiger partial charge in [0, 0.05) is 17.0 Å². The van der Waals surface area contributed by atoms with Crippen LogP contribution < -0.4 is 4.74 Å². The Balaban J connectivity index is 2.86. The number of carboxylic acids is 1. The van der Waals surface area contributed by atoms with E-state index in [-0.39, 0.29) is 5.56 Å². The topological polar surface area (TPSA) is 59.4 Å². The molecule has 2 rings (SSSR count). The first-order valence-electron chi connectivity index (χ1n) is 4.49. The summed E-state index contributed by atoms with van der Waals surface area (Å²) in [5.41, 5.74) is 0.109. The zero-order chi connectivity index (χ0) is 11.7. The third-order valence-electron chi connectivity index (χ3n) is 2.28. The fourth-order valence-corrected chi connectivity index (χ4v) is 1.80. The molecule has 1 aromatic heterocycles. The monoisotopic (exact) mass is 237 g/mol. The summed E-state index contributed by atoms with van der Waals surface area (Å²) in [4.78, 5) is 14.9. The van der Waals surface area contributed by atoms with Crippen LogP contribution >= 0.6 is 11.6 Å². The molecule has 0 fully saturated rings. The van der Waals surface area contributed by atoms with Crippen molar-refractivity contribution >= 4 is 28.3 Å². The van der Waals surface area contributed by atoms with Crippen molar-refractivity contribution in [1.82, 2.24) is 4.98 Å². The Bertz CT molecular complexity index is 568. The lowest BCUT2D eigenvalue weighted by molar-refractivity contribution is 0.0693. The van der Waals surface area contributed by atoms with Crippen LogP contribution in [0, 0.1) is 0 Å². The van der Waals surface area contributed by atoms with E-state index < -0.39 is 5.97 Å². The average Bonchev–Trinajstić information content (AvgIpc) is 2.27. The van der Waals surface area contributed by atoms with E-state index in [0.29, 0.717) is 21.7 Å². The Labute approximate surface area is 96.4 Å². The number of benzene rings is 1. The minimum atomic E-state index is -1.04. The highest BCUT2D eigenvalue weighted by Crippen LogP contribution is 2.32. The molecular formula is C11H8ClNO3. The number of ether oxygens (including phenoxy) is 1. The normalized spacial score (nSPS) is 10.4. The van der Waals surface area contributed by atoms with E-state index in [9.17, 15) is 4.79 Å². The molecule has 0 atom stereocenters. The fraction of sp³-hybridized carbons (Fsp3) is 0.0909. The zero-order valence-corrected chi connectivity index (χ0v) is 9.15. The van der Waals surface area contributed by atoms with Crippen molar-refractivity contribution in [2.45, 2.75) is 0 Å². The lowest BCUT2D eigenvalue weighted by atomic mass is 10.1. The number of carbonyl (C=O) groups is 1. The van der Waals surface area contributed by atoms with Gasteiger partial charge in [-0.2, -0.15) is 0 Å². The van der Waals surface area contributed by atoms with Gasteiger partial charge >= 0.3 is 5.97 Å². The van der Waals surface area contributed by atoms with Crippen molar-refractivity contribution in [3.05, 3.63) is 35.1 Å². The Morgan fingerprint density at radius 3 is 2.75 bits per heavy atom. The minimum Gasteiger partial charge on any atom is -0.495 e. The Morgan fingerprint density at radius 1 is 1.38 bits per heavy atom. The van der Waals surface area contributed by atoms with Gasteiger partial charge in [0.1, 0.15) is 16.5 Å². The van der Waals surface area contributed by atoms with Crippen LogP contribution in [-0.2, 0) is 0 Å². The quantitative estimate of drug-likeness (QED) is 0.816. The number of fused-ring (bicyclic) bond motifs is 1. The number of aromatic carboxylic acids is 1. The predicted molar refractivity (Wildman–Crippen MR) is 60.3 cm³/mol. The molecular weight excluding hydrogens is 230 g/mol. The van der Waals surface area contributed by atoms with Gasteiger partial charge in [-0.25, -0.2) is 9.78 Å². The van der Waals surface area contributed by atoms with Gasteiger partial charge in [0.2, 0.25) is 0 Å². The predicted octanol–water partition coefficient (Wildman–Crippen LogP) is 2.60. The number of halogens is 1. The summed E-state index contributed by atoms with van der Waals surface area (Å²) in [7, 11) is 1.43. The van der Waals surface area contributed by atoms with Crippen LogP contribution in [-0.4, -0.2) is 23.2 Å². The number of rotatable bonds is 2. The molecule has 0 saturated carbocycles. The highest BCUT2D eigenvalue weighted by molar-refractivity contribution is 6.34. The minimum absolute atomic E-state index is 0.109. The van der Waals surface area contributed by atoms with E-state index in [1.165, 1.54) is 19.4 Å². The molecule has 16 heavy (non-hydrogen) atoms. The maximum Gasteiger partial charge on any atom is 0.339 e. The number of hydrogen-bond donors (Lipinski definition) is 1. The van der Waals surface area contributed by atoms with Gasteiger partial charge in [-0.05, 0) is 12.1 Å². The second kappa shape index (κ2) is 3.98. The van der Waals surface area contributed by atoms with E-state index in [0.717, 1.165) is 0 Å². The molecule has 82 valence electrons. The lowest BCUT2D eigenvalue weighted by Gasteiger charge is -2.09. The molecule has 0 aliphatic rings. The summed E-state index contributed by atoms with van der Waals surface area (Å²) in [6.07, 6.45) is 1.51. The summed E-state index contributed by atoms with van der Waals surface area (Å²) in [6.45, 7) is 0. The number of hydrogen-bond acceptors (Lipinski definition) is 3. The van der Waals surface area contributed by atoms with Crippen molar-refractivity contribution in [3.63, 3.8) is 0 Å². The summed E-state index contributed by atoms with van der Waals surface area (Å²) in [5, 5.41) is 10.6. The van der Waals surface area contributed by atoms with Crippen LogP contribution in [0.2, 0.25) is 5.15 Å². The first-order valence-corrected chi connectivity index (χ1v) is 4.87. The van der Waals surface area contributed by atoms with Crippen molar-refractivity contribution in [1.29, 1.82) is 0 Å². The van der Waals surface area contributed by atoms with Crippen molar-refractivity contribution < 1.29 is 14.6 Å². The van der Waals surface area contributed by atoms with E-state index in [1.807, 2.05) is 0 Å². The first kappa shape index (κ1) is 10.7. The first-order chi connectivity index (χ1) is 7.65. The molecule has 0 spiro atoms. The van der Waals surface area contributed by atoms with E-state index in [2.05, 4.69) is 4.98 Å². The van der Waals surface area contributed by atoms with Crippen LogP contribution in [0.1, 0.15) is 10.4 Å². The van der Waals surface area contributed by atoms with Crippen LogP contribution in [0.25, 0.3) is 10.8 Å². The van der Waals surface area contributed by atoms with E-state index in [4.69, 9.17) is 21.4 Å². The molecule has 4 nitrogen and oxygen atoms in total. The number of aromatic nitrogens is 1. The van der Waals surface area contributed by atoms with E-state index in [1.54, 1.807) is 12.1 Å². The molecule has 0 amide bonds. The van der Waals surface area contributed by atoms with E-state index >= 15 is 0 Å². The van der Waals surface area contributed by atoms with Crippen LogP contribution in [0.4, 0.5) is 0 Å². The van der Waals surface area contributed by atoms with Gasteiger partial charge in [0.25, 0.3) is 0 Å². The summed E-state index contributed by atoms with van der Waals surface area (Å²) in [6, 6.07) is 4.75. The van der Waals surface area contributed by atoms with Crippen LogP contribution in [0.15, 0.2) is 24.4 Å². The molecule has 0 saturated heterocycles. The second-order valence-electron chi connectivity index (χ2n) is 3.15. The Kier molecular flexibility index (Phi) is 2.66. The number of pyridine rings is 1. The molecule has 0 bridgehead atoms. The largest absolute Gasteiger partial charge is 0.495 e. The summed E-state index contributed by atoms with van der Waals surface area (Å²) in [5.74, 6) is -0.735. The van der Waals surface area contributed by atoms with Crippen LogP contribution in [0.5, 0.6) is 5.75 Å². The van der Waals surface area contributed by atoms with Crippen molar-refractivity contribution in [2.75, 3.05) is 7.11 Å². The highest BCUT2D eigenvalue weighted by atomic mass is 35.5. The van der Waals surface area contributed by atoms with Crippen molar-refractivity contribution in [2.24, 2.45) is 0 Å². The number of nitrogens with zero attached hydrogens (tertiary/aromatic N) is 1. The molecule has 0 radical (unpaired) electrons. The standard InChI is InChI=1S/C11H8ClNO3/c1-16-9-6-4-5-13-10(12)7(6)2-3-8(9)11(14)15/h2-5H,1H3,(H,14,15). The Morgan fingerprint density at radius 2 is 2.12 bits per heavy atom. The Hall–Kier alpha value is -1.81. The summed E-state index contributed by atoms with van der Waals surface area (Å²) >= 11 is 5.90. The second-order valence-corrected chi connectivity index (χ2v) is 3.51. The third-order valence-corrected chi connectivity index (χ3v) is 2.58. The number of methoxy groups -OCH3 is 1. The van der Waals surface area contributed by atoms with Gasteiger partial charge in [-0.3, -0.25) is 0 Å². The zero-order valence-electron chi connectivity index (χ0n) is 8.40. The molecule has 5 heteroatoms. The molecule has 1 heterocycles. The van der Waals surface area contributed by atoms with Crippen LogP contribution in [0.3, 0.4) is 0 Å². The summed E-state index contributed by atoms with van der Waals surface area (Å²) < 4.78 is 5.11. The fourth-order valence-electron chi connectivity index (χ4n) is 1.58. The van der Waals surface area contributed by atoms with Gasteiger partial charge in [-0.1, -0.05) is 17.7 Å². The van der Waals surface area contributed by atoms with Gasteiger partial charge in [-0.15, -0.1) is 0 Å². The molecule has 0 unspecified atom stereocenters. The SMILES string of the molecule is COc1c(C(=O)O)ccc2c(Cl)nccc12. The maximum atomic E-state index is 11.0. The molecule has 0 aliphatic carbocycles. The molecule has 2 aromatic rings. The van der Waals surface area contributed by atoms with Gasteiger partial charge in [0.15, 0.2) is 0 Å². The third kappa shape index (κ3) is 1.57. The molecule has 1 aromatic carbocycles. The average molecular weight is 238 g/mol. The molecule has 1 N–H and O–H groups in total. The smallest absolute Gasteiger partial charge is 0.339 e. The maximum absolute atomic E-state index is 11.0. The molecule has 0 aliphatic heterocycles.